The van der Waals surface area contributed by atoms with E-state index >= 15 is 0 Å². The summed E-state index contributed by atoms with van der Waals surface area (Å²) in [5, 5.41) is 10.2. The molecule has 1 atom stereocenters. The number of hydrogen-bond acceptors (Lipinski definition) is 3. The first-order chi connectivity index (χ1) is 11.6. The molecule has 7 heteroatoms. The number of rotatable bonds is 3. The standard InChI is InChI=1S/C17H19FN4O2/c18-12-6-3-7-13-15(12)16(21-20-13)22-9-10(8-14(22)23)17(24)19-11-4-1-2-5-11/h3,6-7,10-11H,1-2,4-5,8-9H2,(H,19,24)(H,20,21). The van der Waals surface area contributed by atoms with E-state index in [0.717, 1.165) is 25.7 Å². The molecular formula is C17H19FN4O2. The number of amides is 2. The molecule has 2 aromatic rings. The van der Waals surface area contributed by atoms with Gasteiger partial charge in [-0.05, 0) is 25.0 Å². The number of benzene rings is 1. The Hall–Kier alpha value is -2.44. The molecule has 0 bridgehead atoms. The predicted molar refractivity (Wildman–Crippen MR) is 86.9 cm³/mol. The van der Waals surface area contributed by atoms with Crippen molar-refractivity contribution in [3.63, 3.8) is 0 Å². The van der Waals surface area contributed by atoms with E-state index in [-0.39, 0.29) is 36.6 Å². The number of anilines is 1. The maximum Gasteiger partial charge on any atom is 0.229 e. The third-order valence-electron chi connectivity index (χ3n) is 4.97. The molecule has 2 aliphatic rings. The first-order valence-electron chi connectivity index (χ1n) is 8.37. The van der Waals surface area contributed by atoms with Gasteiger partial charge in [-0.3, -0.25) is 19.6 Å². The van der Waals surface area contributed by atoms with Crippen molar-refractivity contribution in [1.29, 1.82) is 0 Å². The number of hydrogen-bond donors (Lipinski definition) is 2. The second-order valence-electron chi connectivity index (χ2n) is 6.60. The van der Waals surface area contributed by atoms with Crippen molar-refractivity contribution in [2.75, 3.05) is 11.4 Å². The van der Waals surface area contributed by atoms with Crippen LogP contribution in [0.15, 0.2) is 18.2 Å². The van der Waals surface area contributed by atoms with Crippen LogP contribution in [-0.2, 0) is 9.59 Å². The number of carbonyl (C=O) groups excluding carboxylic acids is 2. The van der Waals surface area contributed by atoms with E-state index < -0.39 is 11.7 Å². The van der Waals surface area contributed by atoms with Gasteiger partial charge in [0.25, 0.3) is 0 Å². The average Bonchev–Trinajstić information content (AvgIpc) is 3.27. The summed E-state index contributed by atoms with van der Waals surface area (Å²) < 4.78 is 14.1. The minimum Gasteiger partial charge on any atom is -0.353 e. The summed E-state index contributed by atoms with van der Waals surface area (Å²) in [7, 11) is 0. The van der Waals surface area contributed by atoms with Crippen molar-refractivity contribution in [1.82, 2.24) is 15.5 Å². The Morgan fingerprint density at radius 3 is 2.92 bits per heavy atom. The molecule has 4 rings (SSSR count). The Bertz CT molecular complexity index is 797. The number of aromatic amines is 1. The summed E-state index contributed by atoms with van der Waals surface area (Å²) in [5.74, 6) is -0.847. The lowest BCUT2D eigenvalue weighted by atomic mass is 10.1. The number of nitrogens with zero attached hydrogens (tertiary/aromatic N) is 2. The Labute approximate surface area is 138 Å². The highest BCUT2D eigenvalue weighted by Crippen LogP contribution is 2.31. The largest absolute Gasteiger partial charge is 0.353 e. The van der Waals surface area contributed by atoms with Gasteiger partial charge in [-0.25, -0.2) is 4.39 Å². The van der Waals surface area contributed by atoms with E-state index in [4.69, 9.17) is 0 Å². The zero-order valence-corrected chi connectivity index (χ0v) is 13.2. The fraction of sp³-hybridized carbons (Fsp3) is 0.471. The topological polar surface area (TPSA) is 78.1 Å². The molecule has 1 aromatic carbocycles. The molecule has 24 heavy (non-hydrogen) atoms. The van der Waals surface area contributed by atoms with Gasteiger partial charge in [-0.2, -0.15) is 5.10 Å². The lowest BCUT2D eigenvalue weighted by Gasteiger charge is -2.16. The molecule has 2 N–H and O–H groups in total. The zero-order valence-electron chi connectivity index (χ0n) is 13.2. The molecule has 1 saturated heterocycles. The van der Waals surface area contributed by atoms with Crippen LogP contribution in [0.2, 0.25) is 0 Å². The van der Waals surface area contributed by atoms with Gasteiger partial charge in [0.15, 0.2) is 5.82 Å². The fourth-order valence-electron chi connectivity index (χ4n) is 3.69. The van der Waals surface area contributed by atoms with Gasteiger partial charge in [0, 0.05) is 19.0 Å². The first kappa shape index (κ1) is 15.1. The molecule has 1 unspecified atom stereocenters. The minimum absolute atomic E-state index is 0.0851. The summed E-state index contributed by atoms with van der Waals surface area (Å²) in [4.78, 5) is 26.2. The van der Waals surface area contributed by atoms with Gasteiger partial charge >= 0.3 is 0 Å². The van der Waals surface area contributed by atoms with Crippen LogP contribution >= 0.6 is 0 Å². The van der Waals surface area contributed by atoms with E-state index in [1.807, 2.05) is 0 Å². The molecule has 6 nitrogen and oxygen atoms in total. The van der Waals surface area contributed by atoms with Crippen LogP contribution in [0.4, 0.5) is 10.2 Å². The van der Waals surface area contributed by atoms with E-state index in [2.05, 4.69) is 15.5 Å². The number of H-pyrrole nitrogens is 1. The zero-order chi connectivity index (χ0) is 16.7. The number of halogens is 1. The number of carbonyl (C=O) groups is 2. The van der Waals surface area contributed by atoms with Crippen LogP contribution in [0.1, 0.15) is 32.1 Å². The molecule has 1 aliphatic heterocycles. The Kier molecular flexibility index (Phi) is 3.70. The summed E-state index contributed by atoms with van der Waals surface area (Å²) in [6, 6.07) is 4.86. The molecule has 1 aromatic heterocycles. The molecule has 0 radical (unpaired) electrons. The summed E-state index contributed by atoms with van der Waals surface area (Å²) in [6.45, 7) is 0.242. The molecular weight excluding hydrogens is 311 g/mol. The minimum atomic E-state index is -0.428. The highest BCUT2D eigenvalue weighted by molar-refractivity contribution is 6.05. The predicted octanol–water partition coefficient (Wildman–Crippen LogP) is 2.11. The number of nitrogens with one attached hydrogen (secondary N) is 2. The summed E-state index contributed by atoms with van der Waals surface area (Å²) in [6.07, 6.45) is 4.43. The van der Waals surface area contributed by atoms with E-state index in [9.17, 15) is 14.0 Å². The van der Waals surface area contributed by atoms with E-state index in [1.165, 1.54) is 11.0 Å². The van der Waals surface area contributed by atoms with Crippen molar-refractivity contribution in [2.24, 2.45) is 5.92 Å². The smallest absolute Gasteiger partial charge is 0.229 e. The van der Waals surface area contributed by atoms with Crippen molar-refractivity contribution in [3.05, 3.63) is 24.0 Å². The van der Waals surface area contributed by atoms with Crippen molar-refractivity contribution < 1.29 is 14.0 Å². The summed E-state index contributed by atoms with van der Waals surface area (Å²) in [5.41, 5.74) is 0.539. The molecule has 2 heterocycles. The Balaban J connectivity index is 1.54. The maximum atomic E-state index is 14.1. The van der Waals surface area contributed by atoms with Crippen LogP contribution < -0.4 is 10.2 Å². The van der Waals surface area contributed by atoms with Crippen molar-refractivity contribution >= 4 is 28.5 Å². The lowest BCUT2D eigenvalue weighted by Crippen LogP contribution is -2.38. The SMILES string of the molecule is O=C(NC1CCCC1)C1CC(=O)N(c2n[nH]c3cccc(F)c23)C1. The highest BCUT2D eigenvalue weighted by atomic mass is 19.1. The van der Waals surface area contributed by atoms with Gasteiger partial charge in [-0.15, -0.1) is 0 Å². The van der Waals surface area contributed by atoms with Crippen LogP contribution in [0, 0.1) is 11.7 Å². The number of fused-ring (bicyclic) bond motifs is 1. The molecule has 1 saturated carbocycles. The van der Waals surface area contributed by atoms with Gasteiger partial charge in [0.1, 0.15) is 5.82 Å². The Morgan fingerprint density at radius 2 is 2.12 bits per heavy atom. The normalized spacial score (nSPS) is 21.8. The monoisotopic (exact) mass is 330 g/mol. The second kappa shape index (κ2) is 5.89. The lowest BCUT2D eigenvalue weighted by molar-refractivity contribution is -0.126. The fourth-order valence-corrected chi connectivity index (χ4v) is 3.69. The average molecular weight is 330 g/mol. The van der Waals surface area contributed by atoms with Crippen LogP contribution in [0.25, 0.3) is 10.9 Å². The van der Waals surface area contributed by atoms with Crippen LogP contribution in [0.5, 0.6) is 0 Å². The quantitative estimate of drug-likeness (QED) is 0.905. The second-order valence-corrected chi connectivity index (χ2v) is 6.60. The van der Waals surface area contributed by atoms with Gasteiger partial charge < -0.3 is 5.32 Å². The van der Waals surface area contributed by atoms with Crippen LogP contribution in [0.3, 0.4) is 0 Å². The summed E-state index contributed by atoms with van der Waals surface area (Å²) >= 11 is 0. The molecule has 1 aliphatic carbocycles. The molecule has 2 amide bonds. The molecule has 126 valence electrons. The third-order valence-corrected chi connectivity index (χ3v) is 4.97. The van der Waals surface area contributed by atoms with Gasteiger partial charge in [0.2, 0.25) is 11.8 Å². The molecule has 0 spiro atoms. The van der Waals surface area contributed by atoms with Crippen LogP contribution in [-0.4, -0.2) is 34.6 Å². The van der Waals surface area contributed by atoms with E-state index in [0.29, 0.717) is 10.9 Å². The maximum absolute atomic E-state index is 14.1. The highest BCUT2D eigenvalue weighted by Gasteiger charge is 2.38. The Morgan fingerprint density at radius 1 is 1.33 bits per heavy atom. The third kappa shape index (κ3) is 2.53. The molecule has 2 fully saturated rings. The van der Waals surface area contributed by atoms with Crippen molar-refractivity contribution in [3.8, 4) is 0 Å². The van der Waals surface area contributed by atoms with Gasteiger partial charge in [-0.1, -0.05) is 18.9 Å². The van der Waals surface area contributed by atoms with E-state index in [1.54, 1.807) is 12.1 Å². The number of aromatic nitrogens is 2. The first-order valence-corrected chi connectivity index (χ1v) is 8.37. The van der Waals surface area contributed by atoms with Gasteiger partial charge in [0.05, 0.1) is 16.8 Å². The van der Waals surface area contributed by atoms with Crippen molar-refractivity contribution in [2.45, 2.75) is 38.1 Å².